The zero-order valence-corrected chi connectivity index (χ0v) is 16.7. The number of esters is 2. The van der Waals surface area contributed by atoms with Crippen molar-refractivity contribution in [3.8, 4) is 0 Å². The maximum absolute atomic E-state index is 12.7. The molecule has 0 aliphatic rings. The molecule has 1 rings (SSSR count). The zero-order valence-electron chi connectivity index (χ0n) is 15.8. The first-order chi connectivity index (χ1) is 12.1. The van der Waals surface area contributed by atoms with Crippen LogP contribution >= 0.6 is 0 Å². The Balaban J connectivity index is 3.58. The molecule has 0 atom stereocenters. The molecule has 12 heteroatoms. The van der Waals surface area contributed by atoms with Gasteiger partial charge in [-0.2, -0.15) is 8.42 Å². The summed E-state index contributed by atoms with van der Waals surface area (Å²) in [6.45, 7) is -0.503. The highest BCUT2D eigenvalue weighted by molar-refractivity contribution is 7.85. The molecule has 0 unspecified atom stereocenters. The van der Waals surface area contributed by atoms with Gasteiger partial charge in [0.2, 0.25) is 0 Å². The first-order valence-electron chi connectivity index (χ1n) is 8.50. The third-order valence-corrected chi connectivity index (χ3v) is 5.02. The predicted molar refractivity (Wildman–Crippen MR) is 109 cm³/mol. The van der Waals surface area contributed by atoms with Crippen LogP contribution in [0.2, 0.25) is 0 Å². The van der Waals surface area contributed by atoms with Crippen LogP contribution in [0.3, 0.4) is 0 Å². The van der Waals surface area contributed by atoms with Crippen molar-refractivity contribution in [3.63, 3.8) is 0 Å². The van der Waals surface area contributed by atoms with Crippen molar-refractivity contribution in [2.24, 2.45) is 0 Å². The summed E-state index contributed by atoms with van der Waals surface area (Å²) in [4.78, 5) is 25.0. The molecule has 7 nitrogen and oxygen atoms in total. The number of carbonyl (C=O) groups excluding carboxylic acids is 2. The highest BCUT2D eigenvalue weighted by atomic mass is 32.2. The Labute approximate surface area is 157 Å². The maximum atomic E-state index is 12.7. The molecular formula is C14H22B4O7S. The van der Waals surface area contributed by atoms with Gasteiger partial charge in [0.1, 0.15) is 43.7 Å². The van der Waals surface area contributed by atoms with Crippen molar-refractivity contribution >= 4 is 58.9 Å². The molecule has 0 spiro atoms. The van der Waals surface area contributed by atoms with E-state index in [1.165, 1.54) is 7.11 Å². The van der Waals surface area contributed by atoms with E-state index < -0.39 is 34.4 Å². The highest BCUT2D eigenvalue weighted by Crippen LogP contribution is 2.24. The minimum absolute atomic E-state index is 0.112. The standard InChI is InChI=1S/C14H22B4O7S/c1-24-13(19)11-10(14(20)25-2-3-26(21,22)23)8(5-16)7(4-15)9(6-17)12(11)18/h2-6,15-18H2,1H3,(H,21,22,23). The fourth-order valence-corrected chi connectivity index (χ4v) is 3.53. The van der Waals surface area contributed by atoms with E-state index in [9.17, 15) is 18.0 Å². The minimum Gasteiger partial charge on any atom is -0.465 e. The third-order valence-electron chi connectivity index (χ3n) is 4.34. The van der Waals surface area contributed by atoms with E-state index in [1.54, 1.807) is 7.85 Å². The van der Waals surface area contributed by atoms with E-state index in [4.69, 9.17) is 14.0 Å². The molecule has 1 N–H and O–H groups in total. The van der Waals surface area contributed by atoms with Crippen molar-refractivity contribution in [2.75, 3.05) is 19.5 Å². The summed E-state index contributed by atoms with van der Waals surface area (Å²) in [5, 5.41) is 0. The number of hydrogen-bond donors (Lipinski definition) is 1. The Morgan fingerprint density at radius 2 is 1.50 bits per heavy atom. The molecule has 0 aliphatic heterocycles. The van der Waals surface area contributed by atoms with Gasteiger partial charge in [-0.05, 0) is 5.56 Å². The number of ether oxygens (including phenoxy) is 2. The second kappa shape index (κ2) is 9.32. The molecule has 1 aromatic carbocycles. The van der Waals surface area contributed by atoms with E-state index in [-0.39, 0.29) is 11.1 Å². The molecule has 0 radical (unpaired) electrons. The number of rotatable bonds is 8. The van der Waals surface area contributed by atoms with E-state index in [0.29, 0.717) is 30.0 Å². The zero-order chi connectivity index (χ0) is 20.1. The number of benzene rings is 1. The summed E-state index contributed by atoms with van der Waals surface area (Å²) in [5.41, 5.74) is 3.61. The van der Waals surface area contributed by atoms with Gasteiger partial charge in [-0.25, -0.2) is 9.59 Å². The third kappa shape index (κ3) is 4.94. The minimum atomic E-state index is -4.25. The molecule has 0 fully saturated rings. The second-order valence-corrected chi connectivity index (χ2v) is 7.36. The lowest BCUT2D eigenvalue weighted by Gasteiger charge is -2.22. The lowest BCUT2D eigenvalue weighted by Crippen LogP contribution is -2.31. The van der Waals surface area contributed by atoms with Gasteiger partial charge in [0.05, 0.1) is 18.2 Å². The lowest BCUT2D eigenvalue weighted by molar-refractivity contribution is 0.0505. The summed E-state index contributed by atoms with van der Waals surface area (Å²) in [5.74, 6) is -2.15. The Morgan fingerprint density at radius 1 is 0.962 bits per heavy atom. The van der Waals surface area contributed by atoms with Crippen LogP contribution in [0.25, 0.3) is 0 Å². The van der Waals surface area contributed by atoms with Crippen LogP contribution < -0.4 is 5.46 Å². The monoisotopic (exact) mass is 378 g/mol. The molecule has 0 saturated carbocycles. The number of hydrogen-bond acceptors (Lipinski definition) is 6. The van der Waals surface area contributed by atoms with E-state index >= 15 is 0 Å². The van der Waals surface area contributed by atoms with Crippen LogP contribution in [0, 0.1) is 0 Å². The van der Waals surface area contributed by atoms with Gasteiger partial charge in [0.25, 0.3) is 10.1 Å². The van der Waals surface area contributed by atoms with Gasteiger partial charge >= 0.3 is 11.9 Å². The lowest BCUT2D eigenvalue weighted by atomic mass is 9.70. The molecule has 0 heterocycles. The van der Waals surface area contributed by atoms with Crippen molar-refractivity contribution in [1.82, 2.24) is 0 Å². The summed E-state index contributed by atoms with van der Waals surface area (Å²) < 4.78 is 40.3. The molecule has 1 aromatic rings. The van der Waals surface area contributed by atoms with Crippen LogP contribution in [0.4, 0.5) is 0 Å². The number of methoxy groups -OCH3 is 1. The van der Waals surface area contributed by atoms with Gasteiger partial charge in [-0.3, -0.25) is 4.55 Å². The van der Waals surface area contributed by atoms with Crippen LogP contribution in [-0.2, 0) is 38.6 Å². The summed E-state index contributed by atoms with van der Waals surface area (Å²) in [6.07, 6.45) is 1.88. The van der Waals surface area contributed by atoms with Crippen LogP contribution in [0.5, 0.6) is 0 Å². The molecule has 0 bridgehead atoms. The molecule has 26 heavy (non-hydrogen) atoms. The Hall–Kier alpha value is -1.67. The van der Waals surface area contributed by atoms with Crippen molar-refractivity contribution in [1.29, 1.82) is 0 Å². The van der Waals surface area contributed by atoms with Crippen molar-refractivity contribution < 1.29 is 32.0 Å². The van der Waals surface area contributed by atoms with Gasteiger partial charge < -0.3 is 9.47 Å². The molecule has 0 saturated heterocycles. The largest absolute Gasteiger partial charge is 0.465 e. The van der Waals surface area contributed by atoms with Crippen molar-refractivity contribution in [3.05, 3.63) is 27.8 Å². The molecule has 0 aliphatic carbocycles. The van der Waals surface area contributed by atoms with Gasteiger partial charge in [-0.1, -0.05) is 35.6 Å². The average molecular weight is 378 g/mol. The fourth-order valence-electron chi connectivity index (χ4n) is 3.24. The van der Waals surface area contributed by atoms with E-state index in [2.05, 4.69) is 0 Å². The SMILES string of the molecule is BCc1c(B)c(C(=O)OC)c(C(=O)OCCS(=O)(=O)O)c(CB)c1CB. The maximum Gasteiger partial charge on any atom is 0.339 e. The fraction of sp³-hybridized carbons (Fsp3) is 0.429. The van der Waals surface area contributed by atoms with E-state index in [1.807, 2.05) is 23.5 Å². The molecule has 138 valence electrons. The summed E-state index contributed by atoms with van der Waals surface area (Å²) >= 11 is 0. The first-order valence-corrected chi connectivity index (χ1v) is 10.1. The van der Waals surface area contributed by atoms with Gasteiger partial charge in [0.15, 0.2) is 0 Å². The second-order valence-electron chi connectivity index (χ2n) is 5.78. The normalized spacial score (nSPS) is 11.2. The van der Waals surface area contributed by atoms with Gasteiger partial charge in [-0.15, -0.1) is 0 Å². The van der Waals surface area contributed by atoms with Crippen LogP contribution in [0.15, 0.2) is 0 Å². The Bertz CT molecular complexity index is 808. The summed E-state index contributed by atoms with van der Waals surface area (Å²) in [6, 6.07) is 0. The first kappa shape index (κ1) is 22.4. The topological polar surface area (TPSA) is 107 Å². The molecule has 0 aromatic heterocycles. The van der Waals surface area contributed by atoms with Crippen LogP contribution in [0.1, 0.15) is 37.4 Å². The predicted octanol–water partition coefficient (Wildman–Crippen LogP) is -3.82. The average Bonchev–Trinajstić information content (AvgIpc) is 2.58. The summed E-state index contributed by atoms with van der Waals surface area (Å²) in [7, 11) is 4.57. The van der Waals surface area contributed by atoms with Crippen molar-refractivity contribution in [2.45, 2.75) is 19.0 Å². The van der Waals surface area contributed by atoms with E-state index in [0.717, 1.165) is 11.1 Å². The number of carbonyl (C=O) groups is 2. The van der Waals surface area contributed by atoms with Gasteiger partial charge in [0, 0.05) is 0 Å². The molecular weight excluding hydrogens is 355 g/mol. The van der Waals surface area contributed by atoms with Crippen LogP contribution in [-0.4, -0.2) is 75.8 Å². The Kier molecular flexibility index (Phi) is 8.02. The highest BCUT2D eigenvalue weighted by Gasteiger charge is 2.28. The Morgan fingerprint density at radius 3 is 1.92 bits per heavy atom. The quantitative estimate of drug-likeness (QED) is 0.281. The molecule has 0 amide bonds. The smallest absolute Gasteiger partial charge is 0.339 e.